The topological polar surface area (TPSA) is 69.6 Å². The highest BCUT2D eigenvalue weighted by molar-refractivity contribution is 5.27. The molecule has 1 heterocycles. The van der Waals surface area contributed by atoms with E-state index in [9.17, 15) is 4.39 Å². The second kappa shape index (κ2) is 3.88. The van der Waals surface area contributed by atoms with E-state index in [4.69, 9.17) is 5.73 Å². The summed E-state index contributed by atoms with van der Waals surface area (Å²) in [6.07, 6.45) is 0. The zero-order valence-electron chi connectivity index (χ0n) is 9.05. The molecule has 5 nitrogen and oxygen atoms in total. The molecule has 84 valence electrons. The molecule has 1 aromatic carbocycles. The van der Waals surface area contributed by atoms with Gasteiger partial charge in [0.1, 0.15) is 5.82 Å². The van der Waals surface area contributed by atoms with Gasteiger partial charge in [-0.2, -0.15) is 0 Å². The molecule has 0 fully saturated rings. The number of nitrogens with two attached hydrogens (primary N) is 1. The van der Waals surface area contributed by atoms with E-state index in [0.29, 0.717) is 5.56 Å². The van der Waals surface area contributed by atoms with Crippen LogP contribution in [0.25, 0.3) is 0 Å². The van der Waals surface area contributed by atoms with Crippen molar-refractivity contribution in [2.75, 3.05) is 5.73 Å². The molecule has 2 N–H and O–H groups in total. The number of benzene rings is 1. The van der Waals surface area contributed by atoms with Crippen LogP contribution in [0.1, 0.15) is 24.1 Å². The van der Waals surface area contributed by atoms with E-state index in [1.165, 1.54) is 10.7 Å². The van der Waals surface area contributed by atoms with E-state index < -0.39 is 0 Å². The molecule has 0 spiro atoms. The summed E-state index contributed by atoms with van der Waals surface area (Å²) in [5.74, 6) is -0.0236. The summed E-state index contributed by atoms with van der Waals surface area (Å²) in [5.41, 5.74) is 6.97. The Bertz CT molecular complexity index is 508. The second-order valence-corrected chi connectivity index (χ2v) is 3.67. The van der Waals surface area contributed by atoms with Crippen LogP contribution < -0.4 is 5.73 Å². The van der Waals surface area contributed by atoms with Crippen LogP contribution in [0.5, 0.6) is 0 Å². The Hall–Kier alpha value is -1.98. The molecule has 6 heteroatoms. The molecule has 2 rings (SSSR count). The molecule has 2 aromatic rings. The van der Waals surface area contributed by atoms with Crippen LogP contribution >= 0.6 is 0 Å². The van der Waals surface area contributed by atoms with E-state index in [1.807, 2.05) is 13.0 Å². The first-order valence-corrected chi connectivity index (χ1v) is 4.89. The summed E-state index contributed by atoms with van der Waals surface area (Å²) >= 11 is 0. The van der Waals surface area contributed by atoms with Gasteiger partial charge in [0, 0.05) is 0 Å². The van der Waals surface area contributed by atoms with Crippen molar-refractivity contribution in [2.45, 2.75) is 19.9 Å². The molecule has 0 aliphatic heterocycles. The fourth-order valence-electron chi connectivity index (χ4n) is 1.49. The maximum Gasteiger partial charge on any atom is 0.240 e. The number of hydrogen-bond donors (Lipinski definition) is 1. The number of hydrogen-bond acceptors (Lipinski definition) is 4. The molecule has 0 amide bonds. The highest BCUT2D eigenvalue weighted by atomic mass is 19.1. The van der Waals surface area contributed by atoms with Gasteiger partial charge in [0.05, 0.1) is 6.04 Å². The van der Waals surface area contributed by atoms with Gasteiger partial charge in [-0.05, 0) is 41.5 Å². The second-order valence-electron chi connectivity index (χ2n) is 3.67. The molecular weight excluding hydrogens is 209 g/mol. The first kappa shape index (κ1) is 10.5. The van der Waals surface area contributed by atoms with Gasteiger partial charge in [0.2, 0.25) is 5.95 Å². The van der Waals surface area contributed by atoms with Crippen molar-refractivity contribution >= 4 is 5.95 Å². The quantitative estimate of drug-likeness (QED) is 0.830. The van der Waals surface area contributed by atoms with Crippen molar-refractivity contribution < 1.29 is 4.39 Å². The van der Waals surface area contributed by atoms with Gasteiger partial charge in [0.15, 0.2) is 0 Å². The Balaban J connectivity index is 2.38. The van der Waals surface area contributed by atoms with E-state index in [0.717, 1.165) is 5.56 Å². The normalized spacial score (nSPS) is 12.7. The Kier molecular flexibility index (Phi) is 2.55. The molecule has 1 atom stereocenters. The SMILES string of the molecule is Cc1ccc(C(C)n2nnnc2N)cc1F. The van der Waals surface area contributed by atoms with Crippen molar-refractivity contribution in [1.29, 1.82) is 0 Å². The highest BCUT2D eigenvalue weighted by Crippen LogP contribution is 2.20. The summed E-state index contributed by atoms with van der Waals surface area (Å²) in [5, 5.41) is 10.8. The van der Waals surface area contributed by atoms with Crippen LogP contribution in [-0.4, -0.2) is 20.2 Å². The number of aryl methyl sites for hydroxylation is 1. The predicted molar refractivity (Wildman–Crippen MR) is 57.2 cm³/mol. The largest absolute Gasteiger partial charge is 0.367 e. The number of nitrogen functional groups attached to an aromatic ring is 1. The number of nitrogens with zero attached hydrogens (tertiary/aromatic N) is 4. The Morgan fingerprint density at radius 1 is 1.44 bits per heavy atom. The lowest BCUT2D eigenvalue weighted by molar-refractivity contribution is 0.542. The molecule has 1 unspecified atom stereocenters. The van der Waals surface area contributed by atoms with Gasteiger partial charge in [-0.1, -0.05) is 17.2 Å². The minimum Gasteiger partial charge on any atom is -0.367 e. The zero-order valence-corrected chi connectivity index (χ0v) is 9.05. The van der Waals surface area contributed by atoms with Gasteiger partial charge >= 0.3 is 0 Å². The summed E-state index contributed by atoms with van der Waals surface area (Å²) in [6.45, 7) is 3.58. The average Bonchev–Trinajstić information content (AvgIpc) is 2.67. The molecular formula is C10H12FN5. The fourth-order valence-corrected chi connectivity index (χ4v) is 1.49. The Morgan fingerprint density at radius 2 is 2.19 bits per heavy atom. The van der Waals surface area contributed by atoms with Crippen molar-refractivity contribution in [3.05, 3.63) is 35.1 Å². The van der Waals surface area contributed by atoms with Crippen LogP contribution in [0.15, 0.2) is 18.2 Å². The summed E-state index contributed by atoms with van der Waals surface area (Å²) in [7, 11) is 0. The van der Waals surface area contributed by atoms with Gasteiger partial charge in [-0.25, -0.2) is 9.07 Å². The molecule has 1 aromatic heterocycles. The lowest BCUT2D eigenvalue weighted by Crippen LogP contribution is -2.12. The van der Waals surface area contributed by atoms with Crippen molar-refractivity contribution in [2.24, 2.45) is 0 Å². The van der Waals surface area contributed by atoms with Gasteiger partial charge in [0.25, 0.3) is 0 Å². The third-order valence-corrected chi connectivity index (χ3v) is 2.56. The van der Waals surface area contributed by atoms with E-state index >= 15 is 0 Å². The monoisotopic (exact) mass is 221 g/mol. The van der Waals surface area contributed by atoms with Gasteiger partial charge in [-0.3, -0.25) is 0 Å². The molecule has 0 aliphatic rings. The maximum absolute atomic E-state index is 13.4. The fraction of sp³-hybridized carbons (Fsp3) is 0.300. The van der Waals surface area contributed by atoms with E-state index in [1.54, 1.807) is 13.0 Å². The van der Waals surface area contributed by atoms with Gasteiger partial charge in [-0.15, -0.1) is 0 Å². The smallest absolute Gasteiger partial charge is 0.240 e. The van der Waals surface area contributed by atoms with Crippen LogP contribution in [0.2, 0.25) is 0 Å². The summed E-state index contributed by atoms with van der Waals surface area (Å²) < 4.78 is 14.8. The molecule has 0 radical (unpaired) electrons. The lowest BCUT2D eigenvalue weighted by Gasteiger charge is -2.12. The van der Waals surface area contributed by atoms with Crippen molar-refractivity contribution in [3.8, 4) is 0 Å². The van der Waals surface area contributed by atoms with Crippen LogP contribution in [0, 0.1) is 12.7 Å². The van der Waals surface area contributed by atoms with Crippen LogP contribution in [0.4, 0.5) is 10.3 Å². The number of anilines is 1. The highest BCUT2D eigenvalue weighted by Gasteiger charge is 2.13. The maximum atomic E-state index is 13.4. The predicted octanol–water partition coefficient (Wildman–Crippen LogP) is 1.31. The van der Waals surface area contributed by atoms with Gasteiger partial charge < -0.3 is 5.73 Å². The first-order chi connectivity index (χ1) is 7.59. The molecule has 0 aliphatic carbocycles. The Labute approximate surface area is 92.1 Å². The minimum atomic E-state index is -0.240. The van der Waals surface area contributed by atoms with E-state index in [2.05, 4.69) is 15.5 Å². The third kappa shape index (κ3) is 1.73. The van der Waals surface area contributed by atoms with Crippen LogP contribution in [0.3, 0.4) is 0 Å². The first-order valence-electron chi connectivity index (χ1n) is 4.89. The summed E-state index contributed by atoms with van der Waals surface area (Å²) in [4.78, 5) is 0. The molecule has 16 heavy (non-hydrogen) atoms. The zero-order chi connectivity index (χ0) is 11.7. The van der Waals surface area contributed by atoms with E-state index in [-0.39, 0.29) is 17.8 Å². The molecule has 0 bridgehead atoms. The standard InChI is InChI=1S/C10H12FN5/c1-6-3-4-8(5-9(6)11)7(2)16-10(12)13-14-15-16/h3-5,7H,1-2H3,(H2,12,13,15). The van der Waals surface area contributed by atoms with Crippen LogP contribution in [-0.2, 0) is 0 Å². The van der Waals surface area contributed by atoms with Crippen molar-refractivity contribution in [3.63, 3.8) is 0 Å². The minimum absolute atomic E-state index is 0.190. The number of halogens is 1. The lowest BCUT2D eigenvalue weighted by atomic mass is 10.1. The summed E-state index contributed by atoms with van der Waals surface area (Å²) in [6, 6.07) is 4.85. The molecule has 0 saturated heterocycles. The number of aromatic nitrogens is 4. The molecule has 0 saturated carbocycles. The third-order valence-electron chi connectivity index (χ3n) is 2.56. The number of rotatable bonds is 2. The van der Waals surface area contributed by atoms with Crippen molar-refractivity contribution in [1.82, 2.24) is 20.2 Å². The number of tetrazole rings is 1. The average molecular weight is 221 g/mol. The Morgan fingerprint density at radius 3 is 2.75 bits per heavy atom.